The first-order chi connectivity index (χ1) is 16.0. The number of hydrogen-bond donors (Lipinski definition) is 3. The minimum absolute atomic E-state index is 0.100. The second-order valence-electron chi connectivity index (χ2n) is 8.49. The number of carbonyl (C=O) groups is 1. The number of alkyl halides is 1. The summed E-state index contributed by atoms with van der Waals surface area (Å²) in [6.07, 6.45) is 5.00. The molecule has 1 unspecified atom stereocenters. The second-order valence-corrected chi connectivity index (χ2v) is 8.49. The second kappa shape index (κ2) is 8.47. The quantitative estimate of drug-likeness (QED) is 0.501. The molecule has 3 N–H and O–H groups in total. The van der Waals surface area contributed by atoms with Gasteiger partial charge >= 0.3 is 0 Å². The van der Waals surface area contributed by atoms with Gasteiger partial charge in [-0.3, -0.25) is 9.59 Å². The van der Waals surface area contributed by atoms with Crippen molar-refractivity contribution in [3.8, 4) is 0 Å². The standard InChI is InChI=1S/C22H26FN7O3/c1-24-19-10-18(26-17-4-3-7-29(22(17)32)12-8-13(9-12)33-2)28-20-14(11-25-30(19)20)21(31)27-16-6-5-15(16)23/h3-4,7,10-13,15-16,24H,5-6,8-9H2,1-2H3,(H,26,28)(H,27,31)/t12?,13?,15-,16?/m1/s1. The van der Waals surface area contributed by atoms with Gasteiger partial charge in [-0.1, -0.05) is 0 Å². The van der Waals surface area contributed by atoms with Crippen molar-refractivity contribution in [1.29, 1.82) is 0 Å². The zero-order valence-corrected chi connectivity index (χ0v) is 18.4. The van der Waals surface area contributed by atoms with Gasteiger partial charge in [0.05, 0.1) is 18.3 Å². The maximum Gasteiger partial charge on any atom is 0.274 e. The molecular formula is C22H26FN7O3. The van der Waals surface area contributed by atoms with E-state index in [1.165, 1.54) is 10.7 Å². The molecule has 2 saturated carbocycles. The number of ether oxygens (including phenoxy) is 1. The van der Waals surface area contributed by atoms with Gasteiger partial charge in [-0.2, -0.15) is 9.61 Å². The van der Waals surface area contributed by atoms with E-state index in [2.05, 4.69) is 26.0 Å². The number of anilines is 3. The topological polar surface area (TPSA) is 115 Å². The predicted molar refractivity (Wildman–Crippen MR) is 121 cm³/mol. The van der Waals surface area contributed by atoms with Gasteiger partial charge in [-0.15, -0.1) is 0 Å². The number of aromatic nitrogens is 4. The van der Waals surface area contributed by atoms with E-state index in [4.69, 9.17) is 4.74 Å². The molecule has 3 aromatic heterocycles. The Kier molecular flexibility index (Phi) is 5.49. The maximum absolute atomic E-state index is 13.6. The lowest BCUT2D eigenvalue weighted by atomic mass is 9.89. The number of hydrogen-bond acceptors (Lipinski definition) is 7. The molecule has 0 spiro atoms. The van der Waals surface area contributed by atoms with Crippen LogP contribution in [0.2, 0.25) is 0 Å². The van der Waals surface area contributed by atoms with Crippen molar-refractivity contribution in [3.05, 3.63) is 46.5 Å². The Morgan fingerprint density at radius 1 is 1.30 bits per heavy atom. The third kappa shape index (κ3) is 3.82. The molecule has 2 aliphatic rings. The highest BCUT2D eigenvalue weighted by molar-refractivity contribution is 6.00. The fraction of sp³-hybridized carbons (Fsp3) is 0.455. The molecule has 0 aromatic carbocycles. The molecule has 1 amide bonds. The first kappa shape index (κ1) is 21.4. The van der Waals surface area contributed by atoms with Gasteiger partial charge in [0.1, 0.15) is 29.1 Å². The summed E-state index contributed by atoms with van der Waals surface area (Å²) in [5.41, 5.74) is 0.752. The molecule has 0 bridgehead atoms. The maximum atomic E-state index is 13.6. The number of fused-ring (bicyclic) bond motifs is 1. The van der Waals surface area contributed by atoms with Gasteiger partial charge in [0, 0.05) is 32.5 Å². The van der Waals surface area contributed by atoms with Crippen molar-refractivity contribution < 1.29 is 13.9 Å². The van der Waals surface area contributed by atoms with Gasteiger partial charge in [0.25, 0.3) is 11.5 Å². The van der Waals surface area contributed by atoms with Crippen molar-refractivity contribution in [3.63, 3.8) is 0 Å². The Bertz CT molecular complexity index is 1250. The number of rotatable bonds is 7. The third-order valence-electron chi connectivity index (χ3n) is 6.51. The Morgan fingerprint density at radius 3 is 2.79 bits per heavy atom. The lowest BCUT2D eigenvalue weighted by Crippen LogP contribution is -2.48. The van der Waals surface area contributed by atoms with Crippen LogP contribution in [0.3, 0.4) is 0 Å². The van der Waals surface area contributed by atoms with Gasteiger partial charge < -0.3 is 25.3 Å². The van der Waals surface area contributed by atoms with Crippen molar-refractivity contribution >= 4 is 28.9 Å². The van der Waals surface area contributed by atoms with E-state index >= 15 is 0 Å². The van der Waals surface area contributed by atoms with Crippen molar-refractivity contribution in [2.24, 2.45) is 0 Å². The Balaban J connectivity index is 1.44. The van der Waals surface area contributed by atoms with Crippen LogP contribution in [-0.2, 0) is 4.74 Å². The average Bonchev–Trinajstić information content (AvgIpc) is 3.21. The molecule has 2 fully saturated rings. The summed E-state index contributed by atoms with van der Waals surface area (Å²) in [5.74, 6) is 0.530. The molecule has 33 heavy (non-hydrogen) atoms. The van der Waals surface area contributed by atoms with Crippen LogP contribution in [0.15, 0.2) is 35.4 Å². The Hall–Kier alpha value is -3.47. The molecule has 2 aliphatic carbocycles. The number of nitrogens with one attached hydrogen (secondary N) is 3. The Labute approximate surface area is 189 Å². The van der Waals surface area contributed by atoms with E-state index in [1.54, 1.807) is 37.1 Å². The number of amides is 1. The largest absolute Gasteiger partial charge is 0.381 e. The van der Waals surface area contributed by atoms with Gasteiger partial charge in [-0.05, 0) is 37.8 Å². The smallest absolute Gasteiger partial charge is 0.274 e. The first-order valence-electron chi connectivity index (χ1n) is 11.0. The molecule has 2 atom stereocenters. The molecule has 3 aromatic rings. The lowest BCUT2D eigenvalue weighted by molar-refractivity contribution is 0.00522. The zero-order chi connectivity index (χ0) is 23.1. The summed E-state index contributed by atoms with van der Waals surface area (Å²) in [4.78, 5) is 30.3. The summed E-state index contributed by atoms with van der Waals surface area (Å²) >= 11 is 0. The van der Waals surface area contributed by atoms with Crippen molar-refractivity contribution in [2.75, 3.05) is 24.8 Å². The lowest BCUT2D eigenvalue weighted by Gasteiger charge is -2.35. The van der Waals surface area contributed by atoms with E-state index in [0.717, 1.165) is 12.8 Å². The third-order valence-corrected chi connectivity index (χ3v) is 6.51. The molecular weight excluding hydrogens is 429 g/mol. The van der Waals surface area contributed by atoms with Crippen LogP contribution < -0.4 is 21.5 Å². The van der Waals surface area contributed by atoms with Crippen LogP contribution in [0.4, 0.5) is 21.7 Å². The molecule has 0 aliphatic heterocycles. The fourth-order valence-corrected chi connectivity index (χ4v) is 4.22. The minimum atomic E-state index is -1.02. The van der Waals surface area contributed by atoms with Crippen LogP contribution in [0.25, 0.3) is 5.65 Å². The molecule has 0 saturated heterocycles. The van der Waals surface area contributed by atoms with Crippen LogP contribution in [-0.4, -0.2) is 57.5 Å². The first-order valence-corrected chi connectivity index (χ1v) is 11.0. The van der Waals surface area contributed by atoms with Crippen LogP contribution in [0.1, 0.15) is 42.1 Å². The summed E-state index contributed by atoms with van der Waals surface area (Å²) in [5, 5.41) is 13.1. The highest BCUT2D eigenvalue weighted by Gasteiger charge is 2.33. The van der Waals surface area contributed by atoms with E-state index in [-0.39, 0.29) is 23.3 Å². The zero-order valence-electron chi connectivity index (χ0n) is 18.4. The molecule has 10 nitrogen and oxygen atoms in total. The van der Waals surface area contributed by atoms with Crippen molar-refractivity contribution in [2.45, 2.75) is 50.0 Å². The summed E-state index contributed by atoms with van der Waals surface area (Å²) in [7, 11) is 3.40. The van der Waals surface area contributed by atoms with E-state index in [0.29, 0.717) is 35.8 Å². The number of nitrogens with zero attached hydrogens (tertiary/aromatic N) is 4. The van der Waals surface area contributed by atoms with Crippen LogP contribution in [0.5, 0.6) is 0 Å². The monoisotopic (exact) mass is 455 g/mol. The molecule has 174 valence electrons. The van der Waals surface area contributed by atoms with E-state index < -0.39 is 18.1 Å². The van der Waals surface area contributed by atoms with Crippen LogP contribution >= 0.6 is 0 Å². The van der Waals surface area contributed by atoms with E-state index in [9.17, 15) is 14.0 Å². The van der Waals surface area contributed by atoms with Gasteiger partial charge in [0.2, 0.25) is 0 Å². The average molecular weight is 455 g/mol. The number of carbonyl (C=O) groups excluding carboxylic acids is 1. The van der Waals surface area contributed by atoms with Gasteiger partial charge in [0.15, 0.2) is 5.65 Å². The number of halogens is 1. The predicted octanol–water partition coefficient (Wildman–Crippen LogP) is 2.26. The van der Waals surface area contributed by atoms with Crippen LogP contribution in [0, 0.1) is 0 Å². The molecule has 11 heteroatoms. The Morgan fingerprint density at radius 2 is 2.12 bits per heavy atom. The molecule has 3 heterocycles. The molecule has 0 radical (unpaired) electrons. The number of methoxy groups -OCH3 is 1. The van der Waals surface area contributed by atoms with Gasteiger partial charge in [-0.25, -0.2) is 9.37 Å². The minimum Gasteiger partial charge on any atom is -0.381 e. The summed E-state index contributed by atoms with van der Waals surface area (Å²) in [6, 6.07) is 4.82. The highest BCUT2D eigenvalue weighted by atomic mass is 19.1. The fourth-order valence-electron chi connectivity index (χ4n) is 4.22. The molecule has 5 rings (SSSR count). The SMILES string of the molecule is CNc1cc(Nc2cccn(C3CC(OC)C3)c2=O)nc2c(C(=O)NC3CC[C@H]3F)cnn12. The van der Waals surface area contributed by atoms with Crippen molar-refractivity contribution in [1.82, 2.24) is 24.5 Å². The van der Waals surface area contributed by atoms with E-state index in [1.807, 2.05) is 6.07 Å². The summed E-state index contributed by atoms with van der Waals surface area (Å²) in [6.45, 7) is 0. The normalized spacial score (nSPS) is 24.1. The highest BCUT2D eigenvalue weighted by Crippen LogP contribution is 2.33. The number of pyridine rings is 1. The summed E-state index contributed by atoms with van der Waals surface area (Å²) < 4.78 is 22.1.